The van der Waals surface area contributed by atoms with Crippen molar-refractivity contribution in [1.29, 1.82) is 0 Å². The van der Waals surface area contributed by atoms with Crippen LogP contribution in [0.15, 0.2) is 16.8 Å². The Bertz CT molecular complexity index is 801. The number of nitro benzene ring substituents is 1. The van der Waals surface area contributed by atoms with Crippen molar-refractivity contribution in [3.05, 3.63) is 22.2 Å². The number of nitrogens with one attached hydrogen (secondary N) is 1. The average Bonchev–Trinajstić information content (AvgIpc) is 2.86. The van der Waals surface area contributed by atoms with E-state index >= 15 is 0 Å². The van der Waals surface area contributed by atoms with E-state index in [2.05, 4.69) is 20.3 Å². The van der Waals surface area contributed by atoms with Crippen molar-refractivity contribution in [3.8, 4) is 0 Å². The van der Waals surface area contributed by atoms with Gasteiger partial charge in [0.05, 0.1) is 22.0 Å². The molecule has 1 aromatic heterocycles. The molecule has 12 heteroatoms. The molecule has 0 spiro atoms. The van der Waals surface area contributed by atoms with E-state index in [0.29, 0.717) is 0 Å². The van der Waals surface area contributed by atoms with Crippen LogP contribution in [-0.4, -0.2) is 61.7 Å². The maximum absolute atomic E-state index is 12.0. The van der Waals surface area contributed by atoms with Crippen LogP contribution in [0.2, 0.25) is 0 Å². The number of carbonyl (C=O) groups is 2. The first kappa shape index (κ1) is 16.4. The molecule has 1 N–H and O–H groups in total. The molecule has 0 radical (unpaired) electrons. The van der Waals surface area contributed by atoms with Crippen LogP contribution in [0.1, 0.15) is 6.42 Å². The number of urea groups is 1. The fraction of sp³-hybridized carbons (Fsp3) is 0.100. The third-order valence-electron chi connectivity index (χ3n) is 2.82. The number of hydrogen-bond acceptors (Lipinski definition) is 8. The molecule has 3 rings (SSSR count). The Morgan fingerprint density at radius 2 is 2.00 bits per heavy atom. The van der Waals surface area contributed by atoms with Gasteiger partial charge in [-0.05, 0) is 16.4 Å². The zero-order valence-corrected chi connectivity index (χ0v) is 10.9. The summed E-state index contributed by atoms with van der Waals surface area (Å²) in [6, 6.07) is 1.60. The summed E-state index contributed by atoms with van der Waals surface area (Å²) >= 11 is 4.78. The van der Waals surface area contributed by atoms with Gasteiger partial charge in [-0.3, -0.25) is 14.9 Å². The first-order valence-electron chi connectivity index (χ1n) is 5.55. The Hall–Kier alpha value is -1.95. The van der Waals surface area contributed by atoms with E-state index in [0.717, 1.165) is 11.0 Å². The molecule has 108 valence electrons. The van der Waals surface area contributed by atoms with Gasteiger partial charge in [0.1, 0.15) is 0 Å². The number of fused-ring (bicyclic) bond motifs is 1. The summed E-state index contributed by atoms with van der Waals surface area (Å²) in [5, 5.41) is 20.2. The van der Waals surface area contributed by atoms with Crippen LogP contribution in [0.3, 0.4) is 0 Å². The van der Waals surface area contributed by atoms with Gasteiger partial charge >= 0.3 is 41.3 Å². The van der Waals surface area contributed by atoms with E-state index in [1.54, 1.807) is 0 Å². The van der Waals surface area contributed by atoms with Crippen molar-refractivity contribution < 1.29 is 19.1 Å². The van der Waals surface area contributed by atoms with Gasteiger partial charge in [-0.1, -0.05) is 12.2 Å². The Morgan fingerprint density at radius 1 is 1.32 bits per heavy atom. The Labute approximate surface area is 149 Å². The van der Waals surface area contributed by atoms with Gasteiger partial charge in [-0.15, -0.1) is 0 Å². The van der Waals surface area contributed by atoms with Crippen LogP contribution < -0.4 is 10.2 Å². The molecule has 0 saturated carbocycles. The average molecular weight is 331 g/mol. The second kappa shape index (κ2) is 6.04. The third-order valence-corrected chi connectivity index (χ3v) is 3.07. The molecule has 2 aromatic rings. The Kier molecular flexibility index (Phi) is 4.51. The number of aromatic nitrogens is 2. The van der Waals surface area contributed by atoms with Crippen LogP contribution in [0.5, 0.6) is 0 Å². The number of benzene rings is 1. The van der Waals surface area contributed by atoms with Gasteiger partial charge in [0.25, 0.3) is 0 Å². The summed E-state index contributed by atoms with van der Waals surface area (Å²) in [5.41, 5.74) is -0.496. The molecule has 1 fully saturated rings. The quantitative estimate of drug-likeness (QED) is 0.359. The van der Waals surface area contributed by atoms with E-state index in [4.69, 9.17) is 12.2 Å². The third kappa shape index (κ3) is 2.59. The minimum absolute atomic E-state index is 0. The van der Waals surface area contributed by atoms with Crippen molar-refractivity contribution in [2.24, 2.45) is 0 Å². The number of rotatable bonds is 2. The van der Waals surface area contributed by atoms with Crippen LogP contribution in [0.25, 0.3) is 11.0 Å². The normalized spacial score (nSPS) is 14.7. The first-order valence-corrected chi connectivity index (χ1v) is 5.96. The predicted octanol–water partition coefficient (Wildman–Crippen LogP) is 0.256. The number of imide groups is 1. The van der Waals surface area contributed by atoms with Gasteiger partial charge in [0.2, 0.25) is 11.4 Å². The number of nitrogens with zero attached hydrogens (tertiary/aromatic N) is 4. The number of thiocarbonyl (C=S) groups is 1. The summed E-state index contributed by atoms with van der Waals surface area (Å²) < 4.78 is 4.48. The summed E-state index contributed by atoms with van der Waals surface area (Å²) in [7, 11) is 0. The molecule has 2 heterocycles. The van der Waals surface area contributed by atoms with Crippen molar-refractivity contribution >= 4 is 81.1 Å². The number of anilines is 1. The van der Waals surface area contributed by atoms with Crippen LogP contribution >= 0.6 is 12.2 Å². The van der Waals surface area contributed by atoms with Crippen LogP contribution in [0, 0.1) is 10.1 Å². The molecule has 3 amide bonds. The molecule has 1 aromatic carbocycles. The number of carbonyl (C=O) groups excluding carboxylic acids is 2. The molecule has 1 aliphatic heterocycles. The fourth-order valence-corrected chi connectivity index (χ4v) is 2.17. The van der Waals surface area contributed by atoms with Gasteiger partial charge in [-0.2, -0.15) is 0 Å². The number of non-ortho nitro benzene ring substituents is 1. The van der Waals surface area contributed by atoms with Crippen molar-refractivity contribution in [2.45, 2.75) is 6.42 Å². The minimum atomic E-state index is -0.755. The summed E-state index contributed by atoms with van der Waals surface area (Å²) in [6.45, 7) is 0. The van der Waals surface area contributed by atoms with Gasteiger partial charge in [0, 0.05) is 6.07 Å². The SMILES string of the molecule is O=C1CC(=S)NC(=O)N1c1ccc([N+](=O)[O-])c2nonc12.[NaH]. The molecule has 0 aliphatic carbocycles. The molecule has 10 nitrogen and oxygen atoms in total. The molecule has 0 bridgehead atoms. The van der Waals surface area contributed by atoms with Crippen molar-refractivity contribution in [3.63, 3.8) is 0 Å². The van der Waals surface area contributed by atoms with Crippen LogP contribution in [0.4, 0.5) is 16.2 Å². The van der Waals surface area contributed by atoms with E-state index in [-0.39, 0.29) is 63.4 Å². The van der Waals surface area contributed by atoms with E-state index in [1.807, 2.05) is 0 Å². The number of nitro groups is 1. The number of hydrogen-bond donors (Lipinski definition) is 1. The Balaban J connectivity index is 0.00000176. The monoisotopic (exact) mass is 331 g/mol. The first-order chi connectivity index (χ1) is 9.99. The molecule has 1 aliphatic rings. The zero-order chi connectivity index (χ0) is 15.1. The van der Waals surface area contributed by atoms with E-state index in [9.17, 15) is 19.7 Å². The standard InChI is InChI=1S/C10H5N5O5S.Na.H/c16-7-3-6(21)11-10(17)14(7)4-1-2-5(15(18)19)9-8(4)12-20-13-9;;/h1-2H,3H2,(H,11,17,21);;. The van der Waals surface area contributed by atoms with Crippen LogP contribution in [-0.2, 0) is 4.79 Å². The second-order valence-electron chi connectivity index (χ2n) is 4.08. The van der Waals surface area contributed by atoms with Crippen molar-refractivity contribution in [2.75, 3.05) is 4.90 Å². The fourth-order valence-electron chi connectivity index (χ4n) is 1.96. The van der Waals surface area contributed by atoms with E-state index < -0.39 is 16.9 Å². The molecule has 1 saturated heterocycles. The van der Waals surface area contributed by atoms with Gasteiger partial charge in [0.15, 0.2) is 5.52 Å². The summed E-state index contributed by atoms with van der Waals surface area (Å²) in [4.78, 5) is 35.0. The zero-order valence-electron chi connectivity index (χ0n) is 10.1. The molecular weight excluding hydrogens is 325 g/mol. The summed E-state index contributed by atoms with van der Waals surface area (Å²) in [6.07, 6.45) is -0.148. The molecule has 0 unspecified atom stereocenters. The van der Waals surface area contributed by atoms with Gasteiger partial charge < -0.3 is 5.32 Å². The molecule has 0 atom stereocenters. The second-order valence-corrected chi connectivity index (χ2v) is 4.57. The van der Waals surface area contributed by atoms with E-state index in [1.165, 1.54) is 6.07 Å². The molecule has 22 heavy (non-hydrogen) atoms. The van der Waals surface area contributed by atoms with Gasteiger partial charge in [-0.25, -0.2) is 14.3 Å². The topological polar surface area (TPSA) is 131 Å². The molecular formula is C10H6N5NaO5S. The number of amides is 3. The van der Waals surface area contributed by atoms with Crippen molar-refractivity contribution in [1.82, 2.24) is 15.6 Å². The predicted molar refractivity (Wildman–Crippen MR) is 78.8 cm³/mol. The summed E-state index contributed by atoms with van der Waals surface area (Å²) in [5.74, 6) is -0.568. The Morgan fingerprint density at radius 3 is 2.64 bits per heavy atom. The maximum atomic E-state index is 12.0.